The van der Waals surface area contributed by atoms with E-state index in [1.807, 2.05) is 0 Å². The molecule has 0 bridgehead atoms. The molecule has 1 aromatic rings. The lowest BCUT2D eigenvalue weighted by molar-refractivity contribution is 0.460. The molecule has 0 amide bonds. The molecule has 2 heteroatoms. The second-order valence-electron chi connectivity index (χ2n) is 4.24. The number of halogens is 1. The van der Waals surface area contributed by atoms with Crippen LogP contribution < -0.4 is 5.32 Å². The molecule has 0 saturated carbocycles. The first-order chi connectivity index (χ1) is 7.31. The van der Waals surface area contributed by atoms with E-state index in [-0.39, 0.29) is 0 Å². The van der Waals surface area contributed by atoms with Crippen molar-refractivity contribution in [3.05, 3.63) is 33.8 Å². The van der Waals surface area contributed by atoms with Gasteiger partial charge < -0.3 is 5.32 Å². The highest BCUT2D eigenvalue weighted by Gasteiger charge is 2.18. The summed E-state index contributed by atoms with van der Waals surface area (Å²) in [5.41, 5.74) is 3.03. The summed E-state index contributed by atoms with van der Waals surface area (Å²) in [6, 6.07) is 7.27. The van der Waals surface area contributed by atoms with Gasteiger partial charge in [0.1, 0.15) is 0 Å². The summed E-state index contributed by atoms with van der Waals surface area (Å²) in [6.07, 6.45) is 5.02. The normalized spacial score (nSPS) is 20.0. The van der Waals surface area contributed by atoms with Crippen LogP contribution in [0.15, 0.2) is 22.7 Å². The van der Waals surface area contributed by atoms with E-state index in [9.17, 15) is 0 Å². The van der Waals surface area contributed by atoms with Gasteiger partial charge in [-0.25, -0.2) is 0 Å². The molecular weight excluding hydrogens is 250 g/mol. The van der Waals surface area contributed by atoms with E-state index in [0.717, 1.165) is 6.54 Å². The average molecular weight is 268 g/mol. The number of nitrogens with one attached hydrogen (secondary N) is 1. The maximum atomic E-state index is 3.62. The van der Waals surface area contributed by atoms with Crippen molar-refractivity contribution in [3.8, 4) is 0 Å². The van der Waals surface area contributed by atoms with Gasteiger partial charge in [0.15, 0.2) is 0 Å². The van der Waals surface area contributed by atoms with E-state index in [4.69, 9.17) is 0 Å². The number of benzene rings is 1. The Morgan fingerprint density at radius 2 is 2.33 bits per heavy atom. The second-order valence-corrected chi connectivity index (χ2v) is 5.16. The van der Waals surface area contributed by atoms with E-state index >= 15 is 0 Å². The zero-order valence-electron chi connectivity index (χ0n) is 9.22. The van der Waals surface area contributed by atoms with Gasteiger partial charge >= 0.3 is 0 Å². The first-order valence-corrected chi connectivity index (χ1v) is 6.62. The van der Waals surface area contributed by atoms with Gasteiger partial charge in [-0.15, -0.1) is 0 Å². The molecule has 0 aliphatic carbocycles. The van der Waals surface area contributed by atoms with Crippen LogP contribution in [-0.2, 0) is 6.42 Å². The Bertz CT molecular complexity index is 335. The monoisotopic (exact) mass is 267 g/mol. The maximum Gasteiger partial charge on any atom is 0.0323 e. The van der Waals surface area contributed by atoms with E-state index in [1.54, 1.807) is 0 Å². The maximum absolute atomic E-state index is 3.62. The minimum Gasteiger partial charge on any atom is -0.310 e. The highest BCUT2D eigenvalue weighted by molar-refractivity contribution is 9.10. The largest absolute Gasteiger partial charge is 0.310 e. The molecular formula is C13H18BrN. The minimum absolute atomic E-state index is 0.575. The molecule has 1 aliphatic rings. The molecule has 1 N–H and O–H groups in total. The molecule has 0 radical (unpaired) electrons. The molecule has 1 heterocycles. The lowest BCUT2D eigenvalue weighted by atomic mass is 9.91. The highest BCUT2D eigenvalue weighted by atomic mass is 79.9. The van der Waals surface area contributed by atoms with Gasteiger partial charge in [0, 0.05) is 10.5 Å². The predicted molar refractivity (Wildman–Crippen MR) is 68.1 cm³/mol. The SMILES string of the molecule is CCCC[C@@H]1NCCc2ccc(Br)cc21. The number of hydrogen-bond donors (Lipinski definition) is 1. The van der Waals surface area contributed by atoms with Crippen molar-refractivity contribution in [1.82, 2.24) is 5.32 Å². The first kappa shape index (κ1) is 11.2. The Morgan fingerprint density at radius 1 is 1.47 bits per heavy atom. The summed E-state index contributed by atoms with van der Waals surface area (Å²) in [4.78, 5) is 0. The van der Waals surface area contributed by atoms with Crippen LogP contribution in [0.5, 0.6) is 0 Å². The predicted octanol–water partition coefficient (Wildman–Crippen LogP) is 3.83. The zero-order valence-corrected chi connectivity index (χ0v) is 10.8. The van der Waals surface area contributed by atoms with Crippen LogP contribution in [0.4, 0.5) is 0 Å². The van der Waals surface area contributed by atoms with Gasteiger partial charge in [-0.2, -0.15) is 0 Å². The first-order valence-electron chi connectivity index (χ1n) is 5.83. The minimum atomic E-state index is 0.575. The van der Waals surface area contributed by atoms with Gasteiger partial charge in [-0.05, 0) is 42.6 Å². The fraction of sp³-hybridized carbons (Fsp3) is 0.538. The van der Waals surface area contributed by atoms with Crippen LogP contribution >= 0.6 is 15.9 Å². The summed E-state index contributed by atoms with van der Waals surface area (Å²) in [6.45, 7) is 3.38. The Balaban J connectivity index is 2.20. The molecule has 82 valence electrons. The van der Waals surface area contributed by atoms with Crippen LogP contribution in [-0.4, -0.2) is 6.54 Å². The van der Waals surface area contributed by atoms with Crippen molar-refractivity contribution in [3.63, 3.8) is 0 Å². The summed E-state index contributed by atoms with van der Waals surface area (Å²) in [5, 5.41) is 3.62. The third-order valence-corrected chi connectivity index (χ3v) is 3.61. The zero-order chi connectivity index (χ0) is 10.7. The van der Waals surface area contributed by atoms with Gasteiger partial charge in [0.2, 0.25) is 0 Å². The summed E-state index contributed by atoms with van der Waals surface area (Å²) >= 11 is 3.56. The van der Waals surface area contributed by atoms with Crippen LogP contribution in [0, 0.1) is 0 Å². The Morgan fingerprint density at radius 3 is 3.13 bits per heavy atom. The lowest BCUT2D eigenvalue weighted by Gasteiger charge is -2.27. The molecule has 15 heavy (non-hydrogen) atoms. The van der Waals surface area contributed by atoms with Crippen molar-refractivity contribution in [2.24, 2.45) is 0 Å². The number of unbranched alkanes of at least 4 members (excludes halogenated alkanes) is 1. The molecule has 2 rings (SSSR count). The summed E-state index contributed by atoms with van der Waals surface area (Å²) in [5.74, 6) is 0. The van der Waals surface area contributed by atoms with Crippen LogP contribution in [0.25, 0.3) is 0 Å². The quantitative estimate of drug-likeness (QED) is 0.878. The summed E-state index contributed by atoms with van der Waals surface area (Å²) < 4.78 is 1.20. The number of hydrogen-bond acceptors (Lipinski definition) is 1. The van der Waals surface area contributed by atoms with Crippen molar-refractivity contribution in [1.29, 1.82) is 0 Å². The van der Waals surface area contributed by atoms with E-state index in [2.05, 4.69) is 46.4 Å². The highest BCUT2D eigenvalue weighted by Crippen LogP contribution is 2.29. The fourth-order valence-corrected chi connectivity index (χ4v) is 2.65. The number of fused-ring (bicyclic) bond motifs is 1. The van der Waals surface area contributed by atoms with E-state index in [1.165, 1.54) is 41.3 Å². The van der Waals surface area contributed by atoms with Crippen molar-refractivity contribution in [2.45, 2.75) is 38.6 Å². The molecule has 0 fully saturated rings. The molecule has 1 nitrogen and oxygen atoms in total. The van der Waals surface area contributed by atoms with Crippen molar-refractivity contribution < 1.29 is 0 Å². The van der Waals surface area contributed by atoms with Gasteiger partial charge in [0.25, 0.3) is 0 Å². The van der Waals surface area contributed by atoms with E-state index < -0.39 is 0 Å². The van der Waals surface area contributed by atoms with Crippen LogP contribution in [0.1, 0.15) is 43.4 Å². The van der Waals surface area contributed by atoms with Crippen LogP contribution in [0.3, 0.4) is 0 Å². The Kier molecular flexibility index (Phi) is 3.81. The van der Waals surface area contributed by atoms with Crippen LogP contribution in [0.2, 0.25) is 0 Å². The average Bonchev–Trinajstić information content (AvgIpc) is 2.26. The van der Waals surface area contributed by atoms with Gasteiger partial charge in [0.05, 0.1) is 0 Å². The third kappa shape index (κ3) is 2.61. The Labute approximate surface area is 100 Å². The van der Waals surface area contributed by atoms with Gasteiger partial charge in [-0.3, -0.25) is 0 Å². The molecule has 0 spiro atoms. The molecule has 1 aliphatic heterocycles. The molecule has 0 unspecified atom stereocenters. The second kappa shape index (κ2) is 5.13. The van der Waals surface area contributed by atoms with Crippen molar-refractivity contribution in [2.75, 3.05) is 6.54 Å². The molecule has 1 aromatic carbocycles. The van der Waals surface area contributed by atoms with Crippen molar-refractivity contribution >= 4 is 15.9 Å². The molecule has 0 saturated heterocycles. The smallest absolute Gasteiger partial charge is 0.0323 e. The molecule has 0 aromatic heterocycles. The Hall–Kier alpha value is -0.340. The van der Waals surface area contributed by atoms with Gasteiger partial charge in [-0.1, -0.05) is 41.8 Å². The fourth-order valence-electron chi connectivity index (χ4n) is 2.27. The standard InChI is InChI=1S/C13H18BrN/c1-2-3-4-13-12-9-11(14)6-5-10(12)7-8-15-13/h5-6,9,13,15H,2-4,7-8H2,1H3/t13-/m0/s1. The molecule has 1 atom stereocenters. The number of rotatable bonds is 3. The topological polar surface area (TPSA) is 12.0 Å². The summed E-state index contributed by atoms with van der Waals surface area (Å²) in [7, 11) is 0. The van der Waals surface area contributed by atoms with E-state index in [0.29, 0.717) is 6.04 Å². The third-order valence-electron chi connectivity index (χ3n) is 3.11. The lowest BCUT2D eigenvalue weighted by Crippen LogP contribution is -2.29.